The highest BCUT2D eigenvalue weighted by Gasteiger charge is 2.08. The van der Waals surface area contributed by atoms with E-state index < -0.39 is 0 Å². The third-order valence-corrected chi connectivity index (χ3v) is 3.08. The summed E-state index contributed by atoms with van der Waals surface area (Å²) in [6.07, 6.45) is 1.78. The molecule has 0 aliphatic carbocycles. The third-order valence-electron chi connectivity index (χ3n) is 3.08. The molecular formula is C17H21N3O. The number of amides is 1. The molecule has 0 spiro atoms. The standard InChI is InChI=1S/C17H21N3O/c1-12(2)19-17(21)14-7-9-15(10-8-14)20-13(3)16-6-4-5-11-18-16/h4-13,20H,1-3H3,(H,19,21). The van der Waals surface area contributed by atoms with Crippen LogP contribution in [0.3, 0.4) is 0 Å². The molecule has 2 rings (SSSR count). The second kappa shape index (κ2) is 6.88. The molecule has 1 aromatic carbocycles. The van der Waals surface area contributed by atoms with Crippen LogP contribution < -0.4 is 10.6 Å². The van der Waals surface area contributed by atoms with Crippen LogP contribution >= 0.6 is 0 Å². The summed E-state index contributed by atoms with van der Waals surface area (Å²) in [5.41, 5.74) is 2.62. The maximum Gasteiger partial charge on any atom is 0.251 e. The molecule has 110 valence electrons. The maximum atomic E-state index is 11.9. The van der Waals surface area contributed by atoms with Gasteiger partial charge in [0.1, 0.15) is 0 Å². The smallest absolute Gasteiger partial charge is 0.251 e. The van der Waals surface area contributed by atoms with Crippen molar-refractivity contribution < 1.29 is 4.79 Å². The summed E-state index contributed by atoms with van der Waals surface area (Å²) in [7, 11) is 0. The van der Waals surface area contributed by atoms with E-state index in [1.807, 2.05) is 56.3 Å². The van der Waals surface area contributed by atoms with Gasteiger partial charge in [0, 0.05) is 23.5 Å². The van der Waals surface area contributed by atoms with Crippen molar-refractivity contribution in [2.24, 2.45) is 0 Å². The quantitative estimate of drug-likeness (QED) is 0.884. The lowest BCUT2D eigenvalue weighted by Gasteiger charge is -2.15. The fourth-order valence-corrected chi connectivity index (χ4v) is 2.02. The number of pyridine rings is 1. The van der Waals surface area contributed by atoms with Crippen molar-refractivity contribution in [2.75, 3.05) is 5.32 Å². The van der Waals surface area contributed by atoms with E-state index in [4.69, 9.17) is 0 Å². The zero-order chi connectivity index (χ0) is 15.2. The summed E-state index contributed by atoms with van der Waals surface area (Å²) in [6.45, 7) is 5.95. The predicted molar refractivity (Wildman–Crippen MR) is 85.3 cm³/mol. The van der Waals surface area contributed by atoms with Gasteiger partial charge in [-0.25, -0.2) is 0 Å². The zero-order valence-corrected chi connectivity index (χ0v) is 12.6. The molecule has 1 amide bonds. The Hall–Kier alpha value is -2.36. The minimum Gasteiger partial charge on any atom is -0.377 e. The summed E-state index contributed by atoms with van der Waals surface area (Å²) < 4.78 is 0. The van der Waals surface area contributed by atoms with Crippen LogP contribution in [0, 0.1) is 0 Å². The first kappa shape index (κ1) is 15.0. The van der Waals surface area contributed by atoms with Crippen molar-refractivity contribution in [1.82, 2.24) is 10.3 Å². The average molecular weight is 283 g/mol. The molecule has 1 heterocycles. The molecule has 0 fully saturated rings. The van der Waals surface area contributed by atoms with Crippen molar-refractivity contribution in [3.8, 4) is 0 Å². The number of hydrogen-bond acceptors (Lipinski definition) is 3. The highest BCUT2D eigenvalue weighted by atomic mass is 16.1. The number of benzene rings is 1. The molecule has 0 aliphatic rings. The Balaban J connectivity index is 2.01. The Bertz CT molecular complexity index is 579. The second-order valence-electron chi connectivity index (χ2n) is 5.33. The second-order valence-corrected chi connectivity index (χ2v) is 5.33. The highest BCUT2D eigenvalue weighted by Crippen LogP contribution is 2.17. The average Bonchev–Trinajstić information content (AvgIpc) is 2.48. The molecule has 0 saturated heterocycles. The monoisotopic (exact) mass is 283 g/mol. The van der Waals surface area contributed by atoms with Gasteiger partial charge < -0.3 is 10.6 Å². The molecule has 4 heteroatoms. The minimum atomic E-state index is -0.0469. The van der Waals surface area contributed by atoms with Crippen LogP contribution in [0.5, 0.6) is 0 Å². The predicted octanol–water partition coefficient (Wildman–Crippen LogP) is 3.39. The lowest BCUT2D eigenvalue weighted by Crippen LogP contribution is -2.29. The van der Waals surface area contributed by atoms with Crippen molar-refractivity contribution >= 4 is 11.6 Å². The number of nitrogens with zero attached hydrogens (tertiary/aromatic N) is 1. The molecule has 0 aliphatic heterocycles. The van der Waals surface area contributed by atoms with E-state index in [-0.39, 0.29) is 18.0 Å². The first-order chi connectivity index (χ1) is 10.1. The van der Waals surface area contributed by atoms with Crippen LogP contribution in [0.25, 0.3) is 0 Å². The van der Waals surface area contributed by atoms with Gasteiger partial charge in [0.25, 0.3) is 5.91 Å². The summed E-state index contributed by atoms with van der Waals surface area (Å²) in [4.78, 5) is 16.2. The van der Waals surface area contributed by atoms with Crippen LogP contribution in [0.1, 0.15) is 42.9 Å². The molecule has 0 saturated carbocycles. The number of rotatable bonds is 5. The Morgan fingerprint density at radius 2 is 1.76 bits per heavy atom. The van der Waals surface area contributed by atoms with E-state index in [2.05, 4.69) is 22.5 Å². The Kier molecular flexibility index (Phi) is 4.93. The maximum absolute atomic E-state index is 11.9. The summed E-state index contributed by atoms with van der Waals surface area (Å²) >= 11 is 0. The molecule has 0 radical (unpaired) electrons. The fraction of sp³-hybridized carbons (Fsp3) is 0.294. The third kappa shape index (κ3) is 4.31. The summed E-state index contributed by atoms with van der Waals surface area (Å²) in [6, 6.07) is 13.6. The molecule has 4 nitrogen and oxygen atoms in total. The van der Waals surface area contributed by atoms with Crippen LogP contribution in [-0.2, 0) is 0 Å². The number of anilines is 1. The van der Waals surface area contributed by atoms with Crippen molar-refractivity contribution in [2.45, 2.75) is 32.9 Å². The van der Waals surface area contributed by atoms with Crippen LogP contribution in [0.2, 0.25) is 0 Å². The normalized spacial score (nSPS) is 12.0. The highest BCUT2D eigenvalue weighted by molar-refractivity contribution is 5.94. The number of hydrogen-bond donors (Lipinski definition) is 2. The zero-order valence-electron chi connectivity index (χ0n) is 12.6. The fourth-order valence-electron chi connectivity index (χ4n) is 2.02. The molecule has 21 heavy (non-hydrogen) atoms. The van der Waals surface area contributed by atoms with Crippen molar-refractivity contribution in [1.29, 1.82) is 0 Å². The molecule has 2 N–H and O–H groups in total. The molecule has 1 atom stereocenters. The summed E-state index contributed by atoms with van der Waals surface area (Å²) in [5.74, 6) is -0.0469. The van der Waals surface area contributed by atoms with E-state index in [9.17, 15) is 4.79 Å². The number of aromatic nitrogens is 1. The largest absolute Gasteiger partial charge is 0.377 e. The number of carbonyl (C=O) groups is 1. The Labute approximate surface area is 125 Å². The van der Waals surface area contributed by atoms with E-state index in [0.717, 1.165) is 11.4 Å². The van der Waals surface area contributed by atoms with E-state index in [0.29, 0.717) is 5.56 Å². The lowest BCUT2D eigenvalue weighted by molar-refractivity contribution is 0.0943. The van der Waals surface area contributed by atoms with Crippen LogP contribution in [-0.4, -0.2) is 16.9 Å². The van der Waals surface area contributed by atoms with Crippen LogP contribution in [0.15, 0.2) is 48.7 Å². The minimum absolute atomic E-state index is 0.0469. The van der Waals surface area contributed by atoms with Gasteiger partial charge in [-0.2, -0.15) is 0 Å². The molecule has 0 bridgehead atoms. The van der Waals surface area contributed by atoms with Crippen LogP contribution in [0.4, 0.5) is 5.69 Å². The van der Waals surface area contributed by atoms with Crippen molar-refractivity contribution in [3.05, 3.63) is 59.9 Å². The van der Waals surface area contributed by atoms with E-state index in [1.54, 1.807) is 6.20 Å². The first-order valence-electron chi connectivity index (χ1n) is 7.14. The number of nitrogens with one attached hydrogen (secondary N) is 2. The van der Waals surface area contributed by atoms with E-state index >= 15 is 0 Å². The van der Waals surface area contributed by atoms with Gasteiger partial charge in [-0.3, -0.25) is 9.78 Å². The SMILES string of the molecule is CC(C)NC(=O)c1ccc(NC(C)c2ccccn2)cc1. The first-order valence-corrected chi connectivity index (χ1v) is 7.14. The van der Waals surface area contributed by atoms with E-state index in [1.165, 1.54) is 0 Å². The van der Waals surface area contributed by atoms with Gasteiger partial charge in [0.2, 0.25) is 0 Å². The van der Waals surface area contributed by atoms with Gasteiger partial charge >= 0.3 is 0 Å². The van der Waals surface area contributed by atoms with Gasteiger partial charge in [-0.05, 0) is 57.2 Å². The Morgan fingerprint density at radius 1 is 1.05 bits per heavy atom. The van der Waals surface area contributed by atoms with Gasteiger partial charge in [-0.15, -0.1) is 0 Å². The molecule has 2 aromatic rings. The Morgan fingerprint density at radius 3 is 2.33 bits per heavy atom. The van der Waals surface area contributed by atoms with Crippen molar-refractivity contribution in [3.63, 3.8) is 0 Å². The molecule has 1 aromatic heterocycles. The molecule has 1 unspecified atom stereocenters. The number of carbonyl (C=O) groups excluding carboxylic acids is 1. The lowest BCUT2D eigenvalue weighted by atomic mass is 10.1. The van der Waals surface area contributed by atoms with Gasteiger partial charge in [-0.1, -0.05) is 6.07 Å². The van der Waals surface area contributed by atoms with Gasteiger partial charge in [0.05, 0.1) is 11.7 Å². The van der Waals surface area contributed by atoms with Gasteiger partial charge in [0.15, 0.2) is 0 Å². The molecular weight excluding hydrogens is 262 g/mol. The summed E-state index contributed by atoms with van der Waals surface area (Å²) in [5, 5.41) is 6.25. The topological polar surface area (TPSA) is 54.0 Å².